The summed E-state index contributed by atoms with van der Waals surface area (Å²) in [5.74, 6) is 1.57. The van der Waals surface area contributed by atoms with Crippen molar-refractivity contribution in [3.05, 3.63) is 47.4 Å². The molecule has 1 fully saturated rings. The van der Waals surface area contributed by atoms with Crippen LogP contribution in [0.1, 0.15) is 81.9 Å². The molecule has 0 aromatic carbocycles. The second-order valence-corrected chi connectivity index (χ2v) is 14.5. The summed E-state index contributed by atoms with van der Waals surface area (Å²) in [5.41, 5.74) is 7.14. The average molecular weight is 568 g/mol. The van der Waals surface area contributed by atoms with Crippen molar-refractivity contribution in [2.75, 3.05) is 16.8 Å². The van der Waals surface area contributed by atoms with Gasteiger partial charge in [-0.25, -0.2) is 28.2 Å². The van der Waals surface area contributed by atoms with Crippen LogP contribution in [0.25, 0.3) is 10.8 Å². The number of rotatable bonds is 8. The molecule has 3 N–H and O–H groups in total. The highest BCUT2D eigenvalue weighted by Gasteiger charge is 2.40. The van der Waals surface area contributed by atoms with Gasteiger partial charge in [-0.1, -0.05) is 13.8 Å². The normalized spacial score (nSPS) is 22.3. The van der Waals surface area contributed by atoms with E-state index in [1.54, 1.807) is 31.5 Å². The molecule has 0 spiro atoms. The molecule has 2 aliphatic rings. The second kappa shape index (κ2) is 9.95. The quantitative estimate of drug-likeness (QED) is 0.370. The summed E-state index contributed by atoms with van der Waals surface area (Å²) in [5, 5.41) is 4.84. The number of nitrogens with zero attached hydrogens (tertiary/aromatic N) is 3. The van der Waals surface area contributed by atoms with E-state index in [9.17, 15) is 13.2 Å². The molecular weight excluding hydrogens is 530 g/mol. The van der Waals surface area contributed by atoms with Gasteiger partial charge in [0.15, 0.2) is 0 Å². The smallest absolute Gasteiger partial charge is 0.340 e. The first-order valence-electron chi connectivity index (χ1n) is 13.6. The van der Waals surface area contributed by atoms with Crippen molar-refractivity contribution in [2.45, 2.75) is 77.5 Å². The summed E-state index contributed by atoms with van der Waals surface area (Å²) in [6.07, 6.45) is 4.68. The number of ether oxygens (including phenoxy) is 2. The van der Waals surface area contributed by atoms with Crippen LogP contribution in [0.5, 0.6) is 5.88 Å². The van der Waals surface area contributed by atoms with Crippen molar-refractivity contribution in [1.29, 1.82) is 0 Å². The molecule has 0 amide bonds. The third-order valence-corrected chi connectivity index (χ3v) is 9.90. The Hall–Kier alpha value is -3.31. The molecule has 0 unspecified atom stereocenters. The van der Waals surface area contributed by atoms with Gasteiger partial charge in [-0.05, 0) is 75.6 Å². The third kappa shape index (κ3) is 5.49. The van der Waals surface area contributed by atoms with E-state index in [1.165, 1.54) is 0 Å². The maximum Gasteiger partial charge on any atom is 0.340 e. The van der Waals surface area contributed by atoms with Gasteiger partial charge < -0.3 is 20.5 Å². The van der Waals surface area contributed by atoms with Crippen LogP contribution in [0, 0.1) is 5.92 Å². The fraction of sp³-hybridized carbons (Fsp3) is 0.517. The van der Waals surface area contributed by atoms with Crippen molar-refractivity contribution >= 4 is 38.2 Å². The van der Waals surface area contributed by atoms with Gasteiger partial charge in [0, 0.05) is 29.6 Å². The van der Waals surface area contributed by atoms with Crippen LogP contribution < -0.4 is 15.8 Å². The van der Waals surface area contributed by atoms with Gasteiger partial charge in [0.25, 0.3) is 0 Å². The van der Waals surface area contributed by atoms with Crippen molar-refractivity contribution in [3.63, 3.8) is 0 Å². The highest BCUT2D eigenvalue weighted by atomic mass is 32.2. The molecular formula is C29H37N5O5S. The predicted molar refractivity (Wildman–Crippen MR) is 154 cm³/mol. The highest BCUT2D eigenvalue weighted by Crippen LogP contribution is 2.39. The van der Waals surface area contributed by atoms with Crippen molar-refractivity contribution in [3.8, 4) is 5.88 Å². The van der Waals surface area contributed by atoms with Crippen molar-refractivity contribution < 1.29 is 22.7 Å². The largest absolute Gasteiger partial charge is 0.474 e. The van der Waals surface area contributed by atoms with E-state index in [0.29, 0.717) is 41.6 Å². The van der Waals surface area contributed by atoms with Gasteiger partial charge in [-0.2, -0.15) is 0 Å². The standard InChI is InChI=1S/C29H37N5O5S/c1-7-40(36,37)15-17-10-18(11-17)38-26-21-13-31-24(12-20(21)22(14-32-26)28(3,4)30)33-23-9-8-19-25(34-23)16(2)29(5,6)39-27(19)35/h8-9,12-14,16-18H,7,10-11,15,30H2,1-6H3,(H,31,33,34)/t16-,17?,18?/m1/s1. The predicted octanol–water partition coefficient (Wildman–Crippen LogP) is 4.61. The molecule has 0 radical (unpaired) electrons. The number of sulfone groups is 1. The Kier molecular flexibility index (Phi) is 7.02. The summed E-state index contributed by atoms with van der Waals surface area (Å²) in [6, 6.07) is 5.35. The minimum absolute atomic E-state index is 0.0879. The number of hydrogen-bond donors (Lipinski definition) is 2. The first-order valence-corrected chi connectivity index (χ1v) is 15.5. The molecule has 40 heavy (non-hydrogen) atoms. The van der Waals surface area contributed by atoms with E-state index in [2.05, 4.69) is 15.3 Å². The lowest BCUT2D eigenvalue weighted by molar-refractivity contribution is -0.0189. The molecule has 11 heteroatoms. The Balaban J connectivity index is 1.42. The van der Waals surface area contributed by atoms with Crippen LogP contribution in [-0.4, -0.2) is 52.5 Å². The SMILES string of the molecule is CCS(=O)(=O)CC1CC(Oc2ncc(C(C)(C)N)c3cc(Nc4ccc5c(n4)[C@@H](C)C(C)(C)OC5=O)ncc23)C1. The Morgan fingerprint density at radius 3 is 2.55 bits per heavy atom. The minimum atomic E-state index is -3.01. The molecule has 4 heterocycles. The Bertz CT molecular complexity index is 1580. The number of cyclic esters (lactones) is 1. The molecule has 0 bridgehead atoms. The van der Waals surface area contributed by atoms with E-state index in [1.807, 2.05) is 40.7 Å². The Morgan fingerprint density at radius 2 is 1.88 bits per heavy atom. The van der Waals surface area contributed by atoms with E-state index in [-0.39, 0.29) is 35.4 Å². The maximum atomic E-state index is 12.5. The van der Waals surface area contributed by atoms with Gasteiger partial charge in [0.1, 0.15) is 33.2 Å². The van der Waals surface area contributed by atoms with Gasteiger partial charge in [-0.3, -0.25) is 0 Å². The number of anilines is 2. The zero-order chi connectivity index (χ0) is 29.0. The molecule has 0 saturated heterocycles. The zero-order valence-electron chi connectivity index (χ0n) is 23.8. The highest BCUT2D eigenvalue weighted by molar-refractivity contribution is 7.91. The van der Waals surface area contributed by atoms with Gasteiger partial charge in [0.05, 0.1) is 22.4 Å². The molecule has 1 saturated carbocycles. The molecule has 214 valence electrons. The average Bonchev–Trinajstić information content (AvgIpc) is 2.85. The summed E-state index contributed by atoms with van der Waals surface area (Å²) in [4.78, 5) is 26.4. The monoisotopic (exact) mass is 567 g/mol. The van der Waals surface area contributed by atoms with E-state index >= 15 is 0 Å². The molecule has 3 aromatic heterocycles. The molecule has 1 aliphatic heterocycles. The van der Waals surface area contributed by atoms with Crippen LogP contribution in [0.3, 0.4) is 0 Å². The van der Waals surface area contributed by atoms with Crippen LogP contribution >= 0.6 is 0 Å². The number of aromatic nitrogens is 3. The summed E-state index contributed by atoms with van der Waals surface area (Å²) in [7, 11) is -3.01. The fourth-order valence-corrected chi connectivity index (χ4v) is 6.44. The van der Waals surface area contributed by atoms with Gasteiger partial charge >= 0.3 is 5.97 Å². The Morgan fingerprint density at radius 1 is 1.15 bits per heavy atom. The molecule has 3 aromatic rings. The van der Waals surface area contributed by atoms with Crippen molar-refractivity contribution in [1.82, 2.24) is 15.0 Å². The van der Waals surface area contributed by atoms with Crippen molar-refractivity contribution in [2.24, 2.45) is 11.7 Å². The first-order chi connectivity index (χ1) is 18.7. The number of carbonyl (C=O) groups is 1. The first kappa shape index (κ1) is 28.2. The number of hydrogen-bond acceptors (Lipinski definition) is 10. The lowest BCUT2D eigenvalue weighted by atomic mass is 9.84. The number of esters is 1. The molecule has 5 rings (SSSR count). The number of pyridine rings is 3. The van der Waals surface area contributed by atoms with Crippen LogP contribution in [0.4, 0.5) is 11.6 Å². The molecule has 1 atom stereocenters. The van der Waals surface area contributed by atoms with E-state index in [0.717, 1.165) is 16.3 Å². The number of carbonyl (C=O) groups excluding carboxylic acids is 1. The van der Waals surface area contributed by atoms with Crippen LogP contribution in [0.15, 0.2) is 30.6 Å². The lowest BCUT2D eigenvalue weighted by Gasteiger charge is -2.36. The second-order valence-electron chi connectivity index (χ2n) is 12.1. The number of fused-ring (bicyclic) bond motifs is 2. The third-order valence-electron chi connectivity index (χ3n) is 8.04. The van der Waals surface area contributed by atoms with Gasteiger partial charge in [0.2, 0.25) is 5.88 Å². The Labute approximate surface area is 235 Å². The van der Waals surface area contributed by atoms with Crippen LogP contribution in [0.2, 0.25) is 0 Å². The summed E-state index contributed by atoms with van der Waals surface area (Å²) < 4.78 is 35.7. The topological polar surface area (TPSA) is 146 Å². The van der Waals surface area contributed by atoms with Gasteiger partial charge in [-0.15, -0.1) is 0 Å². The lowest BCUT2D eigenvalue weighted by Crippen LogP contribution is -2.39. The van der Waals surface area contributed by atoms with E-state index < -0.39 is 21.0 Å². The van der Waals surface area contributed by atoms with Crippen LogP contribution in [-0.2, 0) is 20.1 Å². The fourth-order valence-electron chi connectivity index (χ4n) is 5.22. The minimum Gasteiger partial charge on any atom is -0.474 e. The molecule has 10 nitrogen and oxygen atoms in total. The molecule has 1 aliphatic carbocycles. The summed E-state index contributed by atoms with van der Waals surface area (Å²) >= 11 is 0. The maximum absolute atomic E-state index is 12.5. The number of nitrogens with one attached hydrogen (secondary N) is 1. The number of nitrogens with two attached hydrogens (primary N) is 1. The van der Waals surface area contributed by atoms with E-state index in [4.69, 9.17) is 20.2 Å². The zero-order valence-corrected chi connectivity index (χ0v) is 24.6. The summed E-state index contributed by atoms with van der Waals surface area (Å²) in [6.45, 7) is 11.3.